The number of aromatic nitrogens is 2. The van der Waals surface area contributed by atoms with Crippen LogP contribution in [-0.4, -0.2) is 37.3 Å². The van der Waals surface area contributed by atoms with Gasteiger partial charge in [-0.3, -0.25) is 0 Å². The van der Waals surface area contributed by atoms with Gasteiger partial charge in [-0.15, -0.1) is 0 Å². The first-order valence-corrected chi connectivity index (χ1v) is 8.97. The maximum absolute atomic E-state index is 5.48. The molecule has 0 unspecified atom stereocenters. The predicted molar refractivity (Wildman–Crippen MR) is 103 cm³/mol. The first-order chi connectivity index (χ1) is 12.1. The molecule has 7 heteroatoms. The molecule has 0 aliphatic heterocycles. The van der Waals surface area contributed by atoms with Gasteiger partial charge in [0.05, 0.1) is 21.3 Å². The molecule has 6 nitrogen and oxygen atoms in total. The minimum absolute atomic E-state index is 0.330. The second-order valence-corrected chi connectivity index (χ2v) is 6.20. The van der Waals surface area contributed by atoms with Gasteiger partial charge in [0, 0.05) is 17.7 Å². The molecule has 1 aromatic heterocycles. The lowest BCUT2D eigenvalue weighted by Gasteiger charge is -2.18. The third-order valence-electron chi connectivity index (χ3n) is 4.00. The second-order valence-electron chi connectivity index (χ2n) is 5.44. The normalized spacial score (nSPS) is 10.7. The van der Waals surface area contributed by atoms with Crippen molar-refractivity contribution in [2.75, 3.05) is 26.6 Å². The van der Waals surface area contributed by atoms with Crippen LogP contribution in [0.4, 0.5) is 5.82 Å². The van der Waals surface area contributed by atoms with E-state index in [2.05, 4.69) is 45.1 Å². The van der Waals surface area contributed by atoms with Crippen molar-refractivity contribution < 1.29 is 14.2 Å². The quantitative estimate of drug-likeness (QED) is 0.690. The molecule has 0 aliphatic rings. The number of hydrogen-bond donors (Lipinski definition) is 1. The number of nitrogens with one attached hydrogen (secondary N) is 1. The molecule has 1 heterocycles. The van der Waals surface area contributed by atoms with Crippen LogP contribution >= 0.6 is 15.9 Å². The number of hydrogen-bond acceptors (Lipinski definition) is 6. The van der Waals surface area contributed by atoms with Crippen LogP contribution in [0, 0.1) is 0 Å². The lowest BCUT2D eigenvalue weighted by Crippen LogP contribution is -2.19. The lowest BCUT2D eigenvalue weighted by atomic mass is 10.1. The van der Waals surface area contributed by atoms with Gasteiger partial charge in [0.25, 0.3) is 0 Å². The van der Waals surface area contributed by atoms with Gasteiger partial charge in [-0.25, -0.2) is 4.98 Å². The van der Waals surface area contributed by atoms with Crippen LogP contribution in [0.5, 0.6) is 17.4 Å². The maximum atomic E-state index is 5.48. The highest BCUT2D eigenvalue weighted by Crippen LogP contribution is 2.38. The van der Waals surface area contributed by atoms with E-state index in [0.29, 0.717) is 39.5 Å². The van der Waals surface area contributed by atoms with E-state index >= 15 is 0 Å². The van der Waals surface area contributed by atoms with E-state index in [1.807, 2.05) is 12.1 Å². The maximum Gasteiger partial charge on any atom is 0.242 e. The second kappa shape index (κ2) is 8.89. The number of ether oxygens (including phenoxy) is 3. The number of anilines is 1. The molecule has 0 radical (unpaired) electrons. The van der Waals surface area contributed by atoms with Crippen LogP contribution in [0.25, 0.3) is 11.3 Å². The van der Waals surface area contributed by atoms with E-state index < -0.39 is 0 Å². The average Bonchev–Trinajstić information content (AvgIpc) is 2.66. The van der Waals surface area contributed by atoms with Gasteiger partial charge in [-0.2, -0.15) is 4.98 Å². The van der Waals surface area contributed by atoms with Crippen LogP contribution in [-0.2, 0) is 0 Å². The minimum Gasteiger partial charge on any atom is -0.497 e. The Hall–Kier alpha value is -2.02. The Kier molecular flexibility index (Phi) is 6.87. The van der Waals surface area contributed by atoms with Gasteiger partial charge >= 0.3 is 0 Å². The summed E-state index contributed by atoms with van der Waals surface area (Å²) in [7, 11) is 4.80. The van der Waals surface area contributed by atoms with Gasteiger partial charge in [0.1, 0.15) is 21.8 Å². The molecular weight excluding hydrogens is 386 g/mol. The fourth-order valence-electron chi connectivity index (χ4n) is 2.49. The van der Waals surface area contributed by atoms with Crippen LogP contribution < -0.4 is 19.5 Å². The molecule has 25 heavy (non-hydrogen) atoms. The van der Waals surface area contributed by atoms with Gasteiger partial charge in [-0.05, 0) is 40.9 Å². The highest BCUT2D eigenvalue weighted by molar-refractivity contribution is 9.10. The van der Waals surface area contributed by atoms with E-state index in [4.69, 9.17) is 14.2 Å². The highest BCUT2D eigenvalue weighted by Gasteiger charge is 2.19. The van der Waals surface area contributed by atoms with Crippen molar-refractivity contribution in [3.8, 4) is 28.6 Å². The largest absolute Gasteiger partial charge is 0.497 e. The van der Waals surface area contributed by atoms with Crippen LogP contribution in [0.3, 0.4) is 0 Å². The Bertz CT molecular complexity index is 721. The van der Waals surface area contributed by atoms with Crippen LogP contribution in [0.1, 0.15) is 26.7 Å². The molecule has 0 bridgehead atoms. The van der Waals surface area contributed by atoms with Gasteiger partial charge in [0.15, 0.2) is 5.82 Å². The van der Waals surface area contributed by atoms with E-state index in [1.165, 1.54) is 0 Å². The molecule has 2 rings (SSSR count). The van der Waals surface area contributed by atoms with Crippen molar-refractivity contribution >= 4 is 21.7 Å². The molecule has 0 saturated heterocycles. The molecule has 136 valence electrons. The SMILES string of the molecule is CCC(CC)Nc1nc(OC)c(-c2ccc(OC)cc2OC)nc1Br. The predicted octanol–water partition coefficient (Wildman–Crippen LogP) is 4.53. The summed E-state index contributed by atoms with van der Waals surface area (Å²) in [6, 6.07) is 5.87. The first kappa shape index (κ1) is 19.3. The van der Waals surface area contributed by atoms with E-state index in [0.717, 1.165) is 18.4 Å². The third kappa shape index (κ3) is 4.34. The molecule has 1 N–H and O–H groups in total. The zero-order chi connectivity index (χ0) is 18.4. The Labute approximate surface area is 157 Å². The summed E-state index contributed by atoms with van der Waals surface area (Å²) in [4.78, 5) is 9.24. The monoisotopic (exact) mass is 409 g/mol. The smallest absolute Gasteiger partial charge is 0.242 e. The number of methoxy groups -OCH3 is 3. The van der Waals surface area contributed by atoms with Gasteiger partial charge < -0.3 is 19.5 Å². The Morgan fingerprint density at radius 2 is 1.76 bits per heavy atom. The van der Waals surface area contributed by atoms with Gasteiger partial charge in [-0.1, -0.05) is 13.8 Å². The van der Waals surface area contributed by atoms with Crippen molar-refractivity contribution in [3.05, 3.63) is 22.8 Å². The molecule has 2 aromatic rings. The van der Waals surface area contributed by atoms with E-state index in [-0.39, 0.29) is 0 Å². The molecule has 0 fully saturated rings. The summed E-state index contributed by atoms with van der Waals surface area (Å²) in [5.41, 5.74) is 1.38. The Morgan fingerprint density at radius 3 is 2.32 bits per heavy atom. The van der Waals surface area contributed by atoms with Crippen molar-refractivity contribution in [2.45, 2.75) is 32.7 Å². The Morgan fingerprint density at radius 1 is 1.04 bits per heavy atom. The fourth-order valence-corrected chi connectivity index (χ4v) is 2.87. The number of nitrogens with zero attached hydrogens (tertiary/aromatic N) is 2. The molecule has 1 aromatic carbocycles. The minimum atomic E-state index is 0.330. The fraction of sp³-hybridized carbons (Fsp3) is 0.444. The number of rotatable bonds is 8. The highest BCUT2D eigenvalue weighted by atomic mass is 79.9. The molecule has 0 spiro atoms. The van der Waals surface area contributed by atoms with Gasteiger partial charge in [0.2, 0.25) is 5.88 Å². The first-order valence-electron chi connectivity index (χ1n) is 8.18. The number of halogens is 1. The van der Waals surface area contributed by atoms with E-state index in [9.17, 15) is 0 Å². The van der Waals surface area contributed by atoms with Crippen LogP contribution in [0.15, 0.2) is 22.8 Å². The molecule has 0 amide bonds. The van der Waals surface area contributed by atoms with Crippen molar-refractivity contribution in [1.29, 1.82) is 0 Å². The average molecular weight is 410 g/mol. The van der Waals surface area contributed by atoms with Crippen molar-refractivity contribution in [1.82, 2.24) is 9.97 Å². The molecule has 0 saturated carbocycles. The van der Waals surface area contributed by atoms with Crippen LogP contribution in [0.2, 0.25) is 0 Å². The summed E-state index contributed by atoms with van der Waals surface area (Å²) < 4.78 is 16.8. The Balaban J connectivity index is 2.50. The summed E-state index contributed by atoms with van der Waals surface area (Å²) in [6.07, 6.45) is 2.00. The standard InChI is InChI=1S/C18H24BrN3O3/c1-6-11(7-2)20-17-16(19)21-15(18(22-17)25-5)13-9-8-12(23-3)10-14(13)24-4/h8-11H,6-7H2,1-5H3,(H,20,22). The lowest BCUT2D eigenvalue weighted by molar-refractivity contribution is 0.390. The molecule has 0 atom stereocenters. The van der Waals surface area contributed by atoms with Crippen molar-refractivity contribution in [2.24, 2.45) is 0 Å². The van der Waals surface area contributed by atoms with Crippen molar-refractivity contribution in [3.63, 3.8) is 0 Å². The van der Waals surface area contributed by atoms with E-state index in [1.54, 1.807) is 27.4 Å². The third-order valence-corrected chi connectivity index (χ3v) is 4.56. The zero-order valence-electron chi connectivity index (χ0n) is 15.2. The topological polar surface area (TPSA) is 65.5 Å². The number of benzene rings is 1. The summed E-state index contributed by atoms with van der Waals surface area (Å²) in [5.74, 6) is 2.44. The summed E-state index contributed by atoms with van der Waals surface area (Å²) in [5, 5.41) is 3.40. The molecule has 0 aliphatic carbocycles. The zero-order valence-corrected chi connectivity index (χ0v) is 16.8. The summed E-state index contributed by atoms with van der Waals surface area (Å²) >= 11 is 3.51. The summed E-state index contributed by atoms with van der Waals surface area (Å²) in [6.45, 7) is 4.27. The molecular formula is C18H24BrN3O3.